The Kier molecular flexibility index (Phi) is 3.23. The molecule has 106 valence electrons. The highest BCUT2D eigenvalue weighted by molar-refractivity contribution is 5.86. The predicted molar refractivity (Wildman–Crippen MR) is 73.4 cm³/mol. The number of hydrogen-bond donors (Lipinski definition) is 2. The van der Waals surface area contributed by atoms with Crippen LogP contribution in [0.2, 0.25) is 0 Å². The molecule has 1 amide bonds. The Morgan fingerprint density at radius 1 is 1.40 bits per heavy atom. The van der Waals surface area contributed by atoms with Crippen molar-refractivity contribution in [3.8, 4) is 0 Å². The number of nitrogens with zero attached hydrogens (tertiary/aromatic N) is 5. The Labute approximate surface area is 115 Å². The fourth-order valence-corrected chi connectivity index (χ4v) is 2.45. The standard InChI is InChI=1S/C12H17N7O/c1-18-12-8(6-14-18)11(17-13)15-9(16-12)7-19-5-3-2-4-10(19)20/h6H,2-5,7,13H2,1H3,(H,15,16,17). The van der Waals surface area contributed by atoms with E-state index in [2.05, 4.69) is 20.5 Å². The molecule has 0 saturated carbocycles. The van der Waals surface area contributed by atoms with Gasteiger partial charge in [0.2, 0.25) is 5.91 Å². The van der Waals surface area contributed by atoms with Crippen LogP contribution in [-0.4, -0.2) is 37.1 Å². The first-order valence-corrected chi connectivity index (χ1v) is 6.62. The van der Waals surface area contributed by atoms with E-state index in [0.29, 0.717) is 30.3 Å². The lowest BCUT2D eigenvalue weighted by atomic mass is 10.1. The minimum absolute atomic E-state index is 0.159. The third kappa shape index (κ3) is 2.18. The zero-order valence-corrected chi connectivity index (χ0v) is 11.3. The molecule has 1 saturated heterocycles. The minimum Gasteiger partial charge on any atom is -0.335 e. The van der Waals surface area contributed by atoms with E-state index in [4.69, 9.17) is 5.84 Å². The molecule has 0 spiro atoms. The lowest BCUT2D eigenvalue weighted by Crippen LogP contribution is -2.35. The largest absolute Gasteiger partial charge is 0.335 e. The van der Waals surface area contributed by atoms with Gasteiger partial charge in [-0.1, -0.05) is 0 Å². The van der Waals surface area contributed by atoms with Crippen LogP contribution in [0.5, 0.6) is 0 Å². The second kappa shape index (κ2) is 5.04. The molecule has 3 rings (SSSR count). The monoisotopic (exact) mass is 275 g/mol. The summed E-state index contributed by atoms with van der Waals surface area (Å²) in [7, 11) is 1.81. The van der Waals surface area contributed by atoms with Crippen molar-refractivity contribution < 1.29 is 4.79 Å². The summed E-state index contributed by atoms with van der Waals surface area (Å²) in [6, 6.07) is 0. The van der Waals surface area contributed by atoms with Crippen LogP contribution in [0.3, 0.4) is 0 Å². The van der Waals surface area contributed by atoms with E-state index < -0.39 is 0 Å². The van der Waals surface area contributed by atoms with E-state index in [1.807, 2.05) is 7.05 Å². The number of fused-ring (bicyclic) bond motifs is 1. The van der Waals surface area contributed by atoms with E-state index in [0.717, 1.165) is 24.8 Å². The van der Waals surface area contributed by atoms with Crippen LogP contribution >= 0.6 is 0 Å². The smallest absolute Gasteiger partial charge is 0.222 e. The molecule has 8 nitrogen and oxygen atoms in total. The summed E-state index contributed by atoms with van der Waals surface area (Å²) in [5.74, 6) is 6.76. The van der Waals surface area contributed by atoms with Crippen molar-refractivity contribution in [2.24, 2.45) is 12.9 Å². The number of aromatic nitrogens is 4. The molecule has 0 atom stereocenters. The first-order chi connectivity index (χ1) is 9.69. The molecule has 3 heterocycles. The number of likely N-dealkylation sites (tertiary alicyclic amines) is 1. The lowest BCUT2D eigenvalue weighted by Gasteiger charge is -2.26. The van der Waals surface area contributed by atoms with Crippen LogP contribution in [-0.2, 0) is 18.4 Å². The summed E-state index contributed by atoms with van der Waals surface area (Å²) in [6.45, 7) is 1.17. The summed E-state index contributed by atoms with van der Waals surface area (Å²) in [5, 5.41) is 4.91. The van der Waals surface area contributed by atoms with Crippen LogP contribution in [0.25, 0.3) is 11.0 Å². The average molecular weight is 275 g/mol. The van der Waals surface area contributed by atoms with Gasteiger partial charge in [-0.25, -0.2) is 15.8 Å². The van der Waals surface area contributed by atoms with Crippen LogP contribution in [0.4, 0.5) is 5.82 Å². The van der Waals surface area contributed by atoms with Gasteiger partial charge < -0.3 is 10.3 Å². The average Bonchev–Trinajstić information content (AvgIpc) is 2.82. The summed E-state index contributed by atoms with van der Waals surface area (Å²) in [4.78, 5) is 22.5. The first kappa shape index (κ1) is 12.8. The highest BCUT2D eigenvalue weighted by Gasteiger charge is 2.20. The number of nitrogens with two attached hydrogens (primary N) is 1. The molecular weight excluding hydrogens is 258 g/mol. The molecule has 1 aliphatic rings. The van der Waals surface area contributed by atoms with E-state index in [1.54, 1.807) is 15.8 Å². The van der Waals surface area contributed by atoms with Crippen molar-refractivity contribution in [3.63, 3.8) is 0 Å². The third-order valence-electron chi connectivity index (χ3n) is 3.53. The van der Waals surface area contributed by atoms with E-state index in [-0.39, 0.29) is 5.91 Å². The number of rotatable bonds is 3. The van der Waals surface area contributed by atoms with E-state index >= 15 is 0 Å². The number of hydrogen-bond acceptors (Lipinski definition) is 6. The fourth-order valence-electron chi connectivity index (χ4n) is 2.45. The number of carbonyl (C=O) groups excluding carboxylic acids is 1. The summed E-state index contributed by atoms with van der Waals surface area (Å²) in [5.41, 5.74) is 3.27. The highest BCUT2D eigenvalue weighted by Crippen LogP contribution is 2.20. The molecule has 2 aromatic heterocycles. The quantitative estimate of drug-likeness (QED) is 0.611. The van der Waals surface area contributed by atoms with E-state index in [1.165, 1.54) is 0 Å². The van der Waals surface area contributed by atoms with Crippen molar-refractivity contribution in [3.05, 3.63) is 12.0 Å². The normalized spacial score (nSPS) is 15.9. The Balaban J connectivity index is 1.94. The topological polar surface area (TPSA) is 102 Å². The number of nitrogen functional groups attached to an aromatic ring is 1. The first-order valence-electron chi connectivity index (χ1n) is 6.62. The van der Waals surface area contributed by atoms with Crippen molar-refractivity contribution in [1.82, 2.24) is 24.6 Å². The minimum atomic E-state index is 0.159. The van der Waals surface area contributed by atoms with Gasteiger partial charge in [-0.05, 0) is 12.8 Å². The van der Waals surface area contributed by atoms with Crippen molar-refractivity contribution in [2.75, 3.05) is 12.0 Å². The van der Waals surface area contributed by atoms with E-state index in [9.17, 15) is 4.79 Å². The number of aryl methyl sites for hydroxylation is 1. The molecule has 0 radical (unpaired) electrons. The Hall–Kier alpha value is -2.22. The summed E-state index contributed by atoms with van der Waals surface area (Å²) >= 11 is 0. The Bertz CT molecular complexity index is 651. The maximum absolute atomic E-state index is 11.8. The van der Waals surface area contributed by atoms with Crippen molar-refractivity contribution >= 4 is 22.8 Å². The van der Waals surface area contributed by atoms with Gasteiger partial charge in [0, 0.05) is 20.0 Å². The van der Waals surface area contributed by atoms with Gasteiger partial charge in [-0.2, -0.15) is 5.10 Å². The van der Waals surface area contributed by atoms with Gasteiger partial charge >= 0.3 is 0 Å². The van der Waals surface area contributed by atoms with Gasteiger partial charge in [0.15, 0.2) is 17.3 Å². The number of anilines is 1. The molecule has 0 aromatic carbocycles. The van der Waals surface area contributed by atoms with Gasteiger partial charge in [0.1, 0.15) is 0 Å². The number of amides is 1. The Morgan fingerprint density at radius 2 is 2.25 bits per heavy atom. The zero-order chi connectivity index (χ0) is 14.1. The Morgan fingerprint density at radius 3 is 3.00 bits per heavy atom. The predicted octanol–water partition coefficient (Wildman–Crippen LogP) is 0.161. The molecule has 0 bridgehead atoms. The zero-order valence-electron chi connectivity index (χ0n) is 11.3. The molecular formula is C12H17N7O. The molecule has 0 aliphatic carbocycles. The SMILES string of the molecule is Cn1ncc2c(NN)nc(CN3CCCCC3=O)nc21. The maximum Gasteiger partial charge on any atom is 0.222 e. The van der Waals surface area contributed by atoms with Crippen LogP contribution in [0.1, 0.15) is 25.1 Å². The van der Waals surface area contributed by atoms with Gasteiger partial charge in [-0.3, -0.25) is 9.48 Å². The molecule has 3 N–H and O–H groups in total. The van der Waals surface area contributed by atoms with Gasteiger partial charge in [0.25, 0.3) is 0 Å². The van der Waals surface area contributed by atoms with Gasteiger partial charge in [-0.15, -0.1) is 0 Å². The van der Waals surface area contributed by atoms with Crippen LogP contribution in [0, 0.1) is 0 Å². The molecule has 1 aliphatic heterocycles. The molecule has 0 unspecified atom stereocenters. The number of hydrazine groups is 1. The molecule has 1 fully saturated rings. The summed E-state index contributed by atoms with van der Waals surface area (Å²) < 4.78 is 1.67. The number of carbonyl (C=O) groups is 1. The highest BCUT2D eigenvalue weighted by atomic mass is 16.2. The van der Waals surface area contributed by atoms with Crippen molar-refractivity contribution in [2.45, 2.75) is 25.8 Å². The van der Waals surface area contributed by atoms with Crippen molar-refractivity contribution in [1.29, 1.82) is 0 Å². The second-order valence-electron chi connectivity index (χ2n) is 4.91. The molecule has 8 heteroatoms. The maximum atomic E-state index is 11.8. The molecule has 2 aromatic rings. The van der Waals surface area contributed by atoms with Crippen LogP contribution < -0.4 is 11.3 Å². The second-order valence-corrected chi connectivity index (χ2v) is 4.91. The third-order valence-corrected chi connectivity index (χ3v) is 3.53. The van der Waals surface area contributed by atoms with Crippen LogP contribution in [0.15, 0.2) is 6.20 Å². The number of piperidine rings is 1. The van der Waals surface area contributed by atoms with Gasteiger partial charge in [0.05, 0.1) is 18.1 Å². The fraction of sp³-hybridized carbons (Fsp3) is 0.500. The molecule has 20 heavy (non-hydrogen) atoms. The summed E-state index contributed by atoms with van der Waals surface area (Å²) in [6.07, 6.45) is 4.27. The number of nitrogens with one attached hydrogen (secondary N) is 1. The lowest BCUT2D eigenvalue weighted by molar-refractivity contribution is -0.134.